The summed E-state index contributed by atoms with van der Waals surface area (Å²) in [4.78, 5) is 25.4. The second-order valence-corrected chi connectivity index (χ2v) is 5.61. The van der Waals surface area contributed by atoms with Gasteiger partial charge in [0.25, 0.3) is 11.1 Å². The Balaban J connectivity index is 2.15. The highest BCUT2D eigenvalue weighted by atomic mass is 32.2. The van der Waals surface area contributed by atoms with Gasteiger partial charge in [0, 0.05) is 13.1 Å². The molecule has 1 saturated heterocycles. The summed E-state index contributed by atoms with van der Waals surface area (Å²) in [6.07, 6.45) is 3.92. The van der Waals surface area contributed by atoms with Gasteiger partial charge in [-0.1, -0.05) is 37.6 Å². The summed E-state index contributed by atoms with van der Waals surface area (Å²) < 4.78 is 0. The van der Waals surface area contributed by atoms with Gasteiger partial charge < -0.3 is 5.73 Å². The monoisotopic (exact) mass is 290 g/mol. The lowest BCUT2D eigenvalue weighted by atomic mass is 10.1. The van der Waals surface area contributed by atoms with E-state index in [4.69, 9.17) is 5.73 Å². The SMILES string of the molecule is CCCc1ccc(/C=C2/SC(=O)N(CCN)C2=O)cc1. The number of nitrogens with zero attached hydrogens (tertiary/aromatic N) is 1. The molecule has 1 aliphatic heterocycles. The van der Waals surface area contributed by atoms with Crippen molar-refractivity contribution in [3.8, 4) is 0 Å². The molecule has 0 saturated carbocycles. The minimum Gasteiger partial charge on any atom is -0.329 e. The first-order chi connectivity index (χ1) is 9.65. The normalized spacial score (nSPS) is 17.3. The molecule has 0 spiro atoms. The Morgan fingerprint density at radius 1 is 1.25 bits per heavy atom. The molecule has 0 radical (unpaired) electrons. The van der Waals surface area contributed by atoms with E-state index >= 15 is 0 Å². The smallest absolute Gasteiger partial charge is 0.293 e. The summed E-state index contributed by atoms with van der Waals surface area (Å²) in [5.41, 5.74) is 7.61. The summed E-state index contributed by atoms with van der Waals surface area (Å²) in [5.74, 6) is -0.247. The third-order valence-corrected chi connectivity index (χ3v) is 3.95. The summed E-state index contributed by atoms with van der Waals surface area (Å²) in [6.45, 7) is 2.70. The van der Waals surface area contributed by atoms with Gasteiger partial charge in [-0.05, 0) is 35.4 Å². The second kappa shape index (κ2) is 6.72. The highest BCUT2D eigenvalue weighted by Crippen LogP contribution is 2.31. The van der Waals surface area contributed by atoms with E-state index in [1.807, 2.05) is 12.1 Å². The second-order valence-electron chi connectivity index (χ2n) is 4.61. The maximum atomic E-state index is 12.0. The number of aryl methyl sites for hydroxylation is 1. The lowest BCUT2D eigenvalue weighted by molar-refractivity contribution is -0.122. The van der Waals surface area contributed by atoms with E-state index in [1.54, 1.807) is 6.08 Å². The molecule has 106 valence electrons. The Morgan fingerprint density at radius 2 is 1.95 bits per heavy atom. The van der Waals surface area contributed by atoms with Gasteiger partial charge in [0.2, 0.25) is 0 Å². The molecule has 1 aromatic rings. The van der Waals surface area contributed by atoms with Crippen molar-refractivity contribution in [1.29, 1.82) is 0 Å². The van der Waals surface area contributed by atoms with E-state index in [9.17, 15) is 9.59 Å². The number of thioether (sulfide) groups is 1. The number of rotatable bonds is 5. The number of carbonyl (C=O) groups excluding carboxylic acids is 2. The number of carbonyl (C=O) groups is 2. The van der Waals surface area contributed by atoms with Gasteiger partial charge in [0.05, 0.1) is 4.91 Å². The lowest BCUT2D eigenvalue weighted by Gasteiger charge is -2.09. The molecular weight excluding hydrogens is 272 g/mol. The van der Waals surface area contributed by atoms with Crippen molar-refractivity contribution >= 4 is 29.0 Å². The van der Waals surface area contributed by atoms with Crippen molar-refractivity contribution in [1.82, 2.24) is 4.90 Å². The molecule has 0 unspecified atom stereocenters. The maximum absolute atomic E-state index is 12.0. The molecule has 2 rings (SSSR count). The molecule has 2 amide bonds. The Kier molecular flexibility index (Phi) is 4.98. The van der Waals surface area contributed by atoms with Crippen molar-refractivity contribution < 1.29 is 9.59 Å². The van der Waals surface area contributed by atoms with Crippen LogP contribution in [0.15, 0.2) is 29.2 Å². The summed E-state index contributed by atoms with van der Waals surface area (Å²) in [5, 5.41) is -0.241. The van der Waals surface area contributed by atoms with Gasteiger partial charge in [-0.15, -0.1) is 0 Å². The van der Waals surface area contributed by atoms with E-state index < -0.39 is 0 Å². The number of amides is 2. The average Bonchev–Trinajstić information content (AvgIpc) is 2.69. The minimum atomic E-state index is -0.247. The quantitative estimate of drug-likeness (QED) is 0.847. The Morgan fingerprint density at radius 3 is 2.55 bits per heavy atom. The van der Waals surface area contributed by atoms with Crippen LogP contribution in [0.4, 0.5) is 4.79 Å². The van der Waals surface area contributed by atoms with Crippen LogP contribution < -0.4 is 5.73 Å². The minimum absolute atomic E-state index is 0.241. The van der Waals surface area contributed by atoms with Crippen LogP contribution in [-0.4, -0.2) is 29.1 Å². The van der Waals surface area contributed by atoms with Crippen molar-refractivity contribution in [3.05, 3.63) is 40.3 Å². The average molecular weight is 290 g/mol. The first-order valence-corrected chi connectivity index (χ1v) is 7.51. The predicted octanol–water partition coefficient (Wildman–Crippen LogP) is 2.63. The molecule has 0 aromatic heterocycles. The van der Waals surface area contributed by atoms with E-state index in [0.717, 1.165) is 30.2 Å². The van der Waals surface area contributed by atoms with Crippen molar-refractivity contribution in [3.63, 3.8) is 0 Å². The van der Waals surface area contributed by atoms with Gasteiger partial charge in [-0.3, -0.25) is 14.5 Å². The van der Waals surface area contributed by atoms with Gasteiger partial charge in [-0.2, -0.15) is 0 Å². The number of hydrogen-bond acceptors (Lipinski definition) is 4. The Bertz CT molecular complexity index is 537. The van der Waals surface area contributed by atoms with E-state index in [1.165, 1.54) is 10.5 Å². The largest absolute Gasteiger partial charge is 0.329 e. The van der Waals surface area contributed by atoms with Crippen LogP contribution in [0.5, 0.6) is 0 Å². The van der Waals surface area contributed by atoms with E-state index in [0.29, 0.717) is 4.91 Å². The van der Waals surface area contributed by atoms with Crippen LogP contribution in [0.2, 0.25) is 0 Å². The van der Waals surface area contributed by atoms with Crippen LogP contribution >= 0.6 is 11.8 Å². The molecule has 1 aromatic carbocycles. The van der Waals surface area contributed by atoms with E-state index in [-0.39, 0.29) is 24.2 Å². The predicted molar refractivity (Wildman–Crippen MR) is 82.2 cm³/mol. The summed E-state index contributed by atoms with van der Waals surface area (Å²) in [7, 11) is 0. The fourth-order valence-electron chi connectivity index (χ4n) is 2.04. The number of nitrogens with two attached hydrogens (primary N) is 1. The van der Waals surface area contributed by atoms with Gasteiger partial charge in [-0.25, -0.2) is 0 Å². The van der Waals surface area contributed by atoms with Crippen molar-refractivity contribution in [2.75, 3.05) is 13.1 Å². The molecule has 1 fully saturated rings. The first kappa shape index (κ1) is 14.8. The number of hydrogen-bond donors (Lipinski definition) is 1. The zero-order valence-electron chi connectivity index (χ0n) is 11.5. The first-order valence-electron chi connectivity index (χ1n) is 6.70. The summed E-state index contributed by atoms with van der Waals surface area (Å²) >= 11 is 0.974. The van der Waals surface area contributed by atoms with Gasteiger partial charge >= 0.3 is 0 Å². The fraction of sp³-hybridized carbons (Fsp3) is 0.333. The molecule has 0 atom stereocenters. The molecule has 1 heterocycles. The third-order valence-electron chi connectivity index (χ3n) is 3.04. The number of imide groups is 1. The van der Waals surface area contributed by atoms with E-state index in [2.05, 4.69) is 19.1 Å². The topological polar surface area (TPSA) is 63.4 Å². The molecule has 5 heteroatoms. The van der Waals surface area contributed by atoms with Crippen LogP contribution in [-0.2, 0) is 11.2 Å². The molecule has 0 bridgehead atoms. The Hall–Kier alpha value is -1.59. The molecule has 2 N–H and O–H groups in total. The Labute approximate surface area is 123 Å². The molecule has 0 aliphatic carbocycles. The molecule has 20 heavy (non-hydrogen) atoms. The summed E-state index contributed by atoms with van der Waals surface area (Å²) in [6, 6.07) is 8.06. The van der Waals surface area contributed by atoms with Crippen molar-refractivity contribution in [2.24, 2.45) is 5.73 Å². The third kappa shape index (κ3) is 3.29. The van der Waals surface area contributed by atoms with Crippen LogP contribution in [0.1, 0.15) is 24.5 Å². The van der Waals surface area contributed by atoms with Crippen LogP contribution in [0.3, 0.4) is 0 Å². The zero-order valence-corrected chi connectivity index (χ0v) is 12.3. The van der Waals surface area contributed by atoms with Gasteiger partial charge in [0.15, 0.2) is 0 Å². The standard InChI is InChI=1S/C15H18N2O2S/c1-2-3-11-4-6-12(7-5-11)10-13-14(18)17(9-8-16)15(19)20-13/h4-7,10H,2-3,8-9,16H2,1H3/b13-10+. The molecular formula is C15H18N2O2S. The van der Waals surface area contributed by atoms with Crippen LogP contribution in [0.25, 0.3) is 6.08 Å². The van der Waals surface area contributed by atoms with Crippen LogP contribution in [0, 0.1) is 0 Å². The zero-order chi connectivity index (χ0) is 14.5. The fourth-order valence-corrected chi connectivity index (χ4v) is 2.91. The van der Waals surface area contributed by atoms with Gasteiger partial charge in [0.1, 0.15) is 0 Å². The molecule has 4 nitrogen and oxygen atoms in total. The highest BCUT2D eigenvalue weighted by Gasteiger charge is 2.34. The maximum Gasteiger partial charge on any atom is 0.293 e. The highest BCUT2D eigenvalue weighted by molar-refractivity contribution is 8.18. The number of benzene rings is 1. The molecule has 1 aliphatic rings. The van der Waals surface area contributed by atoms with Crippen molar-refractivity contribution in [2.45, 2.75) is 19.8 Å². The lowest BCUT2D eigenvalue weighted by Crippen LogP contribution is -2.33.